The van der Waals surface area contributed by atoms with Crippen molar-refractivity contribution in [3.63, 3.8) is 0 Å². The number of para-hydroxylation sites is 2. The average molecular weight is 233 g/mol. The van der Waals surface area contributed by atoms with Crippen LogP contribution in [0.5, 0.6) is 0 Å². The Balaban J connectivity index is 1.87. The fourth-order valence-corrected chi connectivity index (χ4v) is 2.02. The lowest BCUT2D eigenvalue weighted by Gasteiger charge is -2.00. The molecule has 0 fully saturated rings. The molecule has 2 rings (SSSR count). The molecule has 0 saturated carbocycles. The Morgan fingerprint density at radius 2 is 2.31 bits per heavy atom. The van der Waals surface area contributed by atoms with Crippen LogP contribution in [0, 0.1) is 0 Å². The van der Waals surface area contributed by atoms with Gasteiger partial charge in [0, 0.05) is 18.1 Å². The minimum Gasteiger partial charge on any atom is -0.355 e. The second kappa shape index (κ2) is 5.61. The highest BCUT2D eigenvalue weighted by atomic mass is 32.2. The first kappa shape index (κ1) is 11.1. The van der Waals surface area contributed by atoms with Crippen molar-refractivity contribution >= 4 is 28.7 Å². The van der Waals surface area contributed by atoms with Gasteiger partial charge in [0.05, 0.1) is 11.0 Å². The fourth-order valence-electron chi connectivity index (χ4n) is 1.44. The standard InChI is InChI=1S/C12H15N3S/c1-2-8-16-9-7-13-12-14-10-5-3-4-6-11(10)15-12/h2-6H,1,7-9H2,(H2,13,14,15). The maximum atomic E-state index is 4.43. The third-order valence-electron chi connectivity index (χ3n) is 2.16. The second-order valence-electron chi connectivity index (χ2n) is 3.39. The van der Waals surface area contributed by atoms with Gasteiger partial charge in [0.2, 0.25) is 5.95 Å². The monoisotopic (exact) mass is 233 g/mol. The van der Waals surface area contributed by atoms with Crippen molar-refractivity contribution in [2.75, 3.05) is 23.4 Å². The van der Waals surface area contributed by atoms with Gasteiger partial charge in [0.15, 0.2) is 0 Å². The number of nitrogens with one attached hydrogen (secondary N) is 2. The predicted molar refractivity (Wildman–Crippen MR) is 72.1 cm³/mol. The summed E-state index contributed by atoms with van der Waals surface area (Å²) in [5.41, 5.74) is 2.08. The van der Waals surface area contributed by atoms with Crippen LogP contribution in [0.4, 0.5) is 5.95 Å². The highest BCUT2D eigenvalue weighted by Gasteiger charge is 1.99. The first-order valence-corrected chi connectivity index (χ1v) is 6.43. The molecule has 4 heteroatoms. The molecule has 0 atom stereocenters. The van der Waals surface area contributed by atoms with Crippen molar-refractivity contribution in [1.29, 1.82) is 0 Å². The Bertz CT molecular complexity index is 431. The first-order valence-electron chi connectivity index (χ1n) is 5.27. The van der Waals surface area contributed by atoms with Crippen LogP contribution in [-0.2, 0) is 0 Å². The number of thioether (sulfide) groups is 1. The van der Waals surface area contributed by atoms with Crippen LogP contribution >= 0.6 is 11.8 Å². The first-order chi connectivity index (χ1) is 7.90. The Kier molecular flexibility index (Phi) is 3.88. The van der Waals surface area contributed by atoms with Crippen LogP contribution < -0.4 is 5.32 Å². The number of benzene rings is 1. The van der Waals surface area contributed by atoms with E-state index >= 15 is 0 Å². The summed E-state index contributed by atoms with van der Waals surface area (Å²) in [5.74, 6) is 2.91. The molecule has 0 radical (unpaired) electrons. The maximum absolute atomic E-state index is 4.43. The van der Waals surface area contributed by atoms with Crippen LogP contribution in [0.3, 0.4) is 0 Å². The molecule has 1 heterocycles. The van der Waals surface area contributed by atoms with E-state index in [0.29, 0.717) is 0 Å². The SMILES string of the molecule is C=CCSCCNc1nc2ccccc2[nH]1. The summed E-state index contributed by atoms with van der Waals surface area (Å²) in [5, 5.41) is 3.27. The van der Waals surface area contributed by atoms with Crippen molar-refractivity contribution in [2.24, 2.45) is 0 Å². The molecule has 0 bridgehead atoms. The zero-order valence-electron chi connectivity index (χ0n) is 9.07. The van der Waals surface area contributed by atoms with Gasteiger partial charge in [-0.05, 0) is 12.1 Å². The zero-order chi connectivity index (χ0) is 11.2. The van der Waals surface area contributed by atoms with E-state index in [1.165, 1.54) is 0 Å². The van der Waals surface area contributed by atoms with Gasteiger partial charge in [-0.2, -0.15) is 11.8 Å². The van der Waals surface area contributed by atoms with Crippen molar-refractivity contribution in [3.8, 4) is 0 Å². The summed E-state index contributed by atoms with van der Waals surface area (Å²) in [6.07, 6.45) is 1.92. The number of hydrogen-bond donors (Lipinski definition) is 2. The van der Waals surface area contributed by atoms with Crippen LogP contribution in [0.2, 0.25) is 0 Å². The molecule has 0 aliphatic rings. The van der Waals surface area contributed by atoms with E-state index in [4.69, 9.17) is 0 Å². The summed E-state index contributed by atoms with van der Waals surface area (Å²) in [6, 6.07) is 8.03. The lowest BCUT2D eigenvalue weighted by molar-refractivity contribution is 1.16. The predicted octanol–water partition coefficient (Wildman–Crippen LogP) is 2.89. The average Bonchev–Trinajstić information content (AvgIpc) is 2.71. The highest BCUT2D eigenvalue weighted by Crippen LogP contribution is 2.13. The van der Waals surface area contributed by atoms with Gasteiger partial charge in [0.25, 0.3) is 0 Å². The molecule has 2 aromatic rings. The molecular formula is C12H15N3S. The molecule has 3 nitrogen and oxygen atoms in total. The van der Waals surface area contributed by atoms with Crippen molar-refractivity contribution in [1.82, 2.24) is 9.97 Å². The zero-order valence-corrected chi connectivity index (χ0v) is 9.89. The second-order valence-corrected chi connectivity index (χ2v) is 4.54. The number of imidazole rings is 1. The molecule has 2 N–H and O–H groups in total. The van der Waals surface area contributed by atoms with Gasteiger partial charge in [0.1, 0.15) is 0 Å². The molecule has 0 aliphatic carbocycles. The summed E-state index contributed by atoms with van der Waals surface area (Å²) >= 11 is 1.86. The number of rotatable bonds is 6. The van der Waals surface area contributed by atoms with Gasteiger partial charge < -0.3 is 10.3 Å². The minimum absolute atomic E-state index is 0.848. The summed E-state index contributed by atoms with van der Waals surface area (Å²) in [7, 11) is 0. The molecule has 0 unspecified atom stereocenters. The van der Waals surface area contributed by atoms with Gasteiger partial charge in [-0.1, -0.05) is 18.2 Å². The third kappa shape index (κ3) is 2.79. The third-order valence-corrected chi connectivity index (χ3v) is 3.13. The van der Waals surface area contributed by atoms with Crippen LogP contribution in [0.1, 0.15) is 0 Å². The van der Waals surface area contributed by atoms with Gasteiger partial charge in [-0.15, -0.1) is 6.58 Å². The van der Waals surface area contributed by atoms with Gasteiger partial charge in [-0.3, -0.25) is 0 Å². The highest BCUT2D eigenvalue weighted by molar-refractivity contribution is 7.99. The molecule has 84 valence electrons. The molecule has 0 saturated heterocycles. The molecule has 0 amide bonds. The van der Waals surface area contributed by atoms with Crippen LogP contribution in [0.25, 0.3) is 11.0 Å². The molecule has 1 aromatic heterocycles. The summed E-state index contributed by atoms with van der Waals surface area (Å²) in [6.45, 7) is 4.60. The summed E-state index contributed by atoms with van der Waals surface area (Å²) in [4.78, 5) is 7.67. The molecular weight excluding hydrogens is 218 g/mol. The lowest BCUT2D eigenvalue weighted by atomic mass is 10.3. The number of anilines is 1. The number of H-pyrrole nitrogens is 1. The summed E-state index contributed by atoms with van der Waals surface area (Å²) < 4.78 is 0. The molecule has 0 aliphatic heterocycles. The number of hydrogen-bond acceptors (Lipinski definition) is 3. The molecule has 1 aromatic carbocycles. The van der Waals surface area contributed by atoms with Crippen molar-refractivity contribution in [3.05, 3.63) is 36.9 Å². The smallest absolute Gasteiger partial charge is 0.201 e. The van der Waals surface area contributed by atoms with E-state index in [1.807, 2.05) is 42.1 Å². The number of nitrogens with zero attached hydrogens (tertiary/aromatic N) is 1. The van der Waals surface area contributed by atoms with Crippen LogP contribution in [0.15, 0.2) is 36.9 Å². The van der Waals surface area contributed by atoms with Gasteiger partial charge >= 0.3 is 0 Å². The van der Waals surface area contributed by atoms with E-state index in [0.717, 1.165) is 35.0 Å². The Labute approximate surface area is 99.3 Å². The maximum Gasteiger partial charge on any atom is 0.201 e. The molecule has 0 spiro atoms. The van der Waals surface area contributed by atoms with E-state index < -0.39 is 0 Å². The quantitative estimate of drug-likeness (QED) is 0.595. The topological polar surface area (TPSA) is 40.7 Å². The molecule has 16 heavy (non-hydrogen) atoms. The van der Waals surface area contributed by atoms with E-state index in [9.17, 15) is 0 Å². The van der Waals surface area contributed by atoms with Gasteiger partial charge in [-0.25, -0.2) is 4.98 Å². The number of aromatic amines is 1. The Hall–Kier alpha value is -1.42. The minimum atomic E-state index is 0.848. The lowest BCUT2D eigenvalue weighted by Crippen LogP contribution is -2.05. The Morgan fingerprint density at radius 3 is 3.12 bits per heavy atom. The Morgan fingerprint density at radius 1 is 1.44 bits per heavy atom. The van der Waals surface area contributed by atoms with E-state index in [-0.39, 0.29) is 0 Å². The normalized spacial score (nSPS) is 10.5. The van der Waals surface area contributed by atoms with Crippen molar-refractivity contribution in [2.45, 2.75) is 0 Å². The number of aromatic nitrogens is 2. The number of fused-ring (bicyclic) bond motifs is 1. The van der Waals surface area contributed by atoms with Crippen LogP contribution in [-0.4, -0.2) is 28.0 Å². The fraction of sp³-hybridized carbons (Fsp3) is 0.250. The van der Waals surface area contributed by atoms with E-state index in [2.05, 4.69) is 21.9 Å². The van der Waals surface area contributed by atoms with E-state index in [1.54, 1.807) is 0 Å². The van der Waals surface area contributed by atoms with Crippen molar-refractivity contribution < 1.29 is 0 Å². The largest absolute Gasteiger partial charge is 0.355 e.